The van der Waals surface area contributed by atoms with Crippen LogP contribution in [0.25, 0.3) is 0 Å². The molecule has 2 aromatic rings. The summed E-state index contributed by atoms with van der Waals surface area (Å²) >= 11 is 19.0. The van der Waals surface area contributed by atoms with Crippen LogP contribution in [0, 0.1) is 0 Å². The lowest BCUT2D eigenvalue weighted by atomic mass is 10.2. The molecule has 2 aromatic carbocycles. The molecule has 1 saturated heterocycles. The lowest BCUT2D eigenvalue weighted by Gasteiger charge is -2.28. The molecule has 27 heavy (non-hydrogen) atoms. The second-order valence-corrected chi connectivity index (χ2v) is 8.17. The van der Waals surface area contributed by atoms with Gasteiger partial charge in [-0.3, -0.25) is 14.5 Å². The van der Waals surface area contributed by atoms with Crippen molar-refractivity contribution in [3.8, 4) is 0 Å². The molecule has 5 nitrogen and oxygen atoms in total. The molecule has 140 valence electrons. The van der Waals surface area contributed by atoms with Crippen LogP contribution < -0.4 is 5.32 Å². The Morgan fingerprint density at radius 1 is 1.15 bits per heavy atom. The Hall–Kier alpha value is -1.73. The van der Waals surface area contributed by atoms with Crippen LogP contribution in [-0.2, 0) is 9.59 Å². The zero-order valence-corrected chi connectivity index (χ0v) is 17.2. The van der Waals surface area contributed by atoms with Crippen molar-refractivity contribution in [2.24, 2.45) is 4.99 Å². The van der Waals surface area contributed by atoms with Gasteiger partial charge >= 0.3 is 0 Å². The van der Waals surface area contributed by atoms with Crippen molar-refractivity contribution in [3.63, 3.8) is 0 Å². The number of hydrogen-bond donors (Lipinski definition) is 1. The van der Waals surface area contributed by atoms with E-state index in [4.69, 9.17) is 34.8 Å². The van der Waals surface area contributed by atoms with E-state index in [-0.39, 0.29) is 18.2 Å². The Labute approximate surface area is 175 Å². The minimum Gasteiger partial charge on any atom is -0.325 e. The SMILES string of the molecule is CN1C(=O)CC(C(=O)Nc2ccc(Cl)cc2)SC1=Nc1ccc(Cl)c(Cl)c1. The molecule has 2 amide bonds. The monoisotopic (exact) mass is 441 g/mol. The quantitative estimate of drug-likeness (QED) is 0.707. The molecule has 1 N–H and O–H groups in total. The molecule has 1 aliphatic rings. The summed E-state index contributed by atoms with van der Waals surface area (Å²) in [5.41, 5.74) is 1.16. The molecule has 0 radical (unpaired) electrons. The Kier molecular flexibility index (Phi) is 6.32. The van der Waals surface area contributed by atoms with Crippen LogP contribution in [0.3, 0.4) is 0 Å². The molecule has 0 aliphatic carbocycles. The average molecular weight is 443 g/mol. The van der Waals surface area contributed by atoms with Crippen molar-refractivity contribution in [2.75, 3.05) is 12.4 Å². The average Bonchev–Trinajstić information content (AvgIpc) is 2.63. The number of anilines is 1. The molecular weight excluding hydrogens is 429 g/mol. The topological polar surface area (TPSA) is 61.8 Å². The van der Waals surface area contributed by atoms with E-state index in [1.165, 1.54) is 16.7 Å². The number of aliphatic imine (C=N–C) groups is 1. The summed E-state index contributed by atoms with van der Waals surface area (Å²) < 4.78 is 0. The highest BCUT2D eigenvalue weighted by Crippen LogP contribution is 2.31. The van der Waals surface area contributed by atoms with Gasteiger partial charge < -0.3 is 5.32 Å². The van der Waals surface area contributed by atoms with Crippen LogP contribution in [0.5, 0.6) is 0 Å². The highest BCUT2D eigenvalue weighted by molar-refractivity contribution is 8.15. The second-order valence-electron chi connectivity index (χ2n) is 5.75. The number of rotatable bonds is 3. The van der Waals surface area contributed by atoms with Gasteiger partial charge in [-0.05, 0) is 42.5 Å². The molecule has 1 unspecified atom stereocenters. The molecular formula is C18H14Cl3N3O2S. The summed E-state index contributed by atoms with van der Waals surface area (Å²) in [6, 6.07) is 11.7. The number of nitrogens with zero attached hydrogens (tertiary/aromatic N) is 2. The van der Waals surface area contributed by atoms with Crippen LogP contribution in [0.4, 0.5) is 11.4 Å². The molecule has 0 saturated carbocycles. The highest BCUT2D eigenvalue weighted by Gasteiger charge is 2.34. The first-order valence-corrected chi connectivity index (χ1v) is 9.88. The maximum Gasteiger partial charge on any atom is 0.238 e. The summed E-state index contributed by atoms with van der Waals surface area (Å²) in [5, 5.41) is 3.98. The van der Waals surface area contributed by atoms with Crippen molar-refractivity contribution in [3.05, 3.63) is 57.5 Å². The van der Waals surface area contributed by atoms with Crippen molar-refractivity contribution in [1.82, 2.24) is 4.90 Å². The van der Waals surface area contributed by atoms with E-state index in [1.807, 2.05) is 0 Å². The van der Waals surface area contributed by atoms with Crippen LogP contribution in [0.2, 0.25) is 15.1 Å². The first-order valence-electron chi connectivity index (χ1n) is 7.87. The van der Waals surface area contributed by atoms with Gasteiger partial charge in [0.2, 0.25) is 11.8 Å². The summed E-state index contributed by atoms with van der Waals surface area (Å²) in [6.07, 6.45) is 0.0843. The Morgan fingerprint density at radius 2 is 1.85 bits per heavy atom. The van der Waals surface area contributed by atoms with Crippen molar-refractivity contribution < 1.29 is 9.59 Å². The normalized spacial score (nSPS) is 18.7. The number of amides is 2. The zero-order chi connectivity index (χ0) is 19.6. The number of halogens is 3. The molecule has 1 heterocycles. The van der Waals surface area contributed by atoms with E-state index in [9.17, 15) is 9.59 Å². The predicted molar refractivity (Wildman–Crippen MR) is 112 cm³/mol. The number of nitrogens with one attached hydrogen (secondary N) is 1. The van der Waals surface area contributed by atoms with Gasteiger partial charge in [-0.25, -0.2) is 4.99 Å². The van der Waals surface area contributed by atoms with Crippen molar-refractivity contribution in [2.45, 2.75) is 11.7 Å². The van der Waals surface area contributed by atoms with Crippen LogP contribution in [0.1, 0.15) is 6.42 Å². The van der Waals surface area contributed by atoms with Gasteiger partial charge in [0.25, 0.3) is 0 Å². The predicted octanol–water partition coefficient (Wildman–Crippen LogP) is 5.24. The van der Waals surface area contributed by atoms with E-state index < -0.39 is 5.25 Å². The van der Waals surface area contributed by atoms with Crippen molar-refractivity contribution >= 4 is 74.9 Å². The third-order valence-corrected chi connectivity index (χ3v) is 6.03. The van der Waals surface area contributed by atoms with E-state index in [0.29, 0.717) is 31.6 Å². The summed E-state index contributed by atoms with van der Waals surface area (Å²) in [4.78, 5) is 30.8. The van der Waals surface area contributed by atoms with Gasteiger partial charge in [0.1, 0.15) is 5.25 Å². The Balaban J connectivity index is 1.78. The maximum atomic E-state index is 12.6. The molecule has 0 spiro atoms. The van der Waals surface area contributed by atoms with Crippen LogP contribution in [-0.4, -0.2) is 34.2 Å². The van der Waals surface area contributed by atoms with Crippen LogP contribution >= 0.6 is 46.6 Å². The number of hydrogen-bond acceptors (Lipinski definition) is 4. The molecule has 0 aromatic heterocycles. The summed E-state index contributed by atoms with van der Waals surface area (Å²) in [5.74, 6) is -0.463. The molecule has 0 bridgehead atoms. The number of thioether (sulfide) groups is 1. The van der Waals surface area contributed by atoms with E-state index in [0.717, 1.165) is 0 Å². The largest absolute Gasteiger partial charge is 0.325 e. The minimum absolute atomic E-state index is 0.0843. The zero-order valence-electron chi connectivity index (χ0n) is 14.1. The highest BCUT2D eigenvalue weighted by atomic mass is 35.5. The lowest BCUT2D eigenvalue weighted by Crippen LogP contribution is -2.43. The number of carbonyl (C=O) groups is 2. The Bertz CT molecular complexity index is 919. The second kappa shape index (κ2) is 8.52. The number of carbonyl (C=O) groups excluding carboxylic acids is 2. The number of amidine groups is 1. The fourth-order valence-electron chi connectivity index (χ4n) is 2.32. The fourth-order valence-corrected chi connectivity index (χ4v) is 3.80. The molecule has 1 atom stereocenters. The van der Waals surface area contributed by atoms with Gasteiger partial charge in [-0.15, -0.1) is 0 Å². The number of benzene rings is 2. The molecule has 9 heteroatoms. The van der Waals surface area contributed by atoms with Gasteiger partial charge in [0.15, 0.2) is 5.17 Å². The smallest absolute Gasteiger partial charge is 0.238 e. The Morgan fingerprint density at radius 3 is 2.52 bits per heavy atom. The minimum atomic E-state index is -0.592. The standard InChI is InChI=1S/C18H14Cl3N3O2S/c1-24-16(25)9-15(17(26)22-11-4-2-10(19)3-5-11)27-18(24)23-12-6-7-13(20)14(21)8-12/h2-8,15H,9H2,1H3,(H,22,26). The molecule has 1 fully saturated rings. The van der Waals surface area contributed by atoms with Gasteiger partial charge in [-0.2, -0.15) is 0 Å². The van der Waals surface area contributed by atoms with E-state index in [1.54, 1.807) is 49.5 Å². The fraction of sp³-hybridized carbons (Fsp3) is 0.167. The van der Waals surface area contributed by atoms with Crippen LogP contribution in [0.15, 0.2) is 47.5 Å². The molecule has 3 rings (SSSR count). The lowest BCUT2D eigenvalue weighted by molar-refractivity contribution is -0.128. The van der Waals surface area contributed by atoms with Gasteiger partial charge in [0, 0.05) is 24.2 Å². The molecule has 1 aliphatic heterocycles. The van der Waals surface area contributed by atoms with E-state index >= 15 is 0 Å². The third kappa shape index (κ3) is 4.96. The summed E-state index contributed by atoms with van der Waals surface area (Å²) in [7, 11) is 1.62. The summed E-state index contributed by atoms with van der Waals surface area (Å²) in [6.45, 7) is 0. The van der Waals surface area contributed by atoms with Gasteiger partial charge in [0.05, 0.1) is 15.7 Å². The third-order valence-electron chi connectivity index (χ3n) is 3.80. The first kappa shape index (κ1) is 20.0. The first-order chi connectivity index (χ1) is 12.8. The van der Waals surface area contributed by atoms with Gasteiger partial charge in [-0.1, -0.05) is 46.6 Å². The maximum absolute atomic E-state index is 12.6. The van der Waals surface area contributed by atoms with Crippen molar-refractivity contribution in [1.29, 1.82) is 0 Å². The van der Waals surface area contributed by atoms with E-state index in [2.05, 4.69) is 10.3 Å².